The Bertz CT molecular complexity index is 371. The topological polar surface area (TPSA) is 64.6 Å². The summed E-state index contributed by atoms with van der Waals surface area (Å²) in [7, 11) is 0.470. The molecule has 0 saturated carbocycles. The molecule has 0 aromatic rings. The second-order valence-electron chi connectivity index (χ2n) is 7.20. The van der Waals surface area contributed by atoms with Crippen LogP contribution in [-0.2, 0) is 30.7 Å². The minimum Gasteiger partial charge on any atom is -0.455 e. The van der Waals surface area contributed by atoms with E-state index in [1.807, 2.05) is 0 Å². The van der Waals surface area contributed by atoms with Crippen molar-refractivity contribution in [2.45, 2.75) is 50.4 Å². The summed E-state index contributed by atoms with van der Waals surface area (Å²) in [5, 5.41) is 0.112. The number of hydrogen-bond donors (Lipinski definition) is 0. The van der Waals surface area contributed by atoms with Gasteiger partial charge in [0, 0.05) is 53.9 Å². The van der Waals surface area contributed by atoms with Gasteiger partial charge in [-0.15, -0.1) is 0 Å². The zero-order valence-corrected chi connectivity index (χ0v) is 21.8. The van der Waals surface area contributed by atoms with E-state index in [4.69, 9.17) is 30.7 Å². The molecule has 0 heterocycles. The quantitative estimate of drug-likeness (QED) is 0.416. The lowest BCUT2D eigenvalue weighted by Crippen LogP contribution is -2.59. The lowest BCUT2D eigenvalue weighted by molar-refractivity contribution is 0.119. The molecule has 0 aliphatic rings. The fourth-order valence-corrected chi connectivity index (χ4v) is 21.2. The molecule has 0 spiro atoms. The van der Waals surface area contributed by atoms with Gasteiger partial charge in [-0.25, -0.2) is 0 Å². The summed E-state index contributed by atoms with van der Waals surface area (Å²) in [6.45, 7) is 11.0. The Morgan fingerprint density at radius 3 is 1.36 bits per heavy atom. The van der Waals surface area contributed by atoms with Crippen molar-refractivity contribution in [2.75, 3.05) is 42.7 Å². The molecule has 1 unspecified atom stereocenters. The molecule has 0 aliphatic carbocycles. The van der Waals surface area contributed by atoms with Crippen LogP contribution in [0.25, 0.3) is 0 Å². The van der Waals surface area contributed by atoms with Crippen molar-refractivity contribution < 1.29 is 30.7 Å². The molecule has 7 nitrogen and oxygen atoms in total. The minimum absolute atomic E-state index is 0.112. The molecular formula is C14H38O7Si4. The Hall–Kier alpha value is 0.588. The van der Waals surface area contributed by atoms with Crippen molar-refractivity contribution in [3.8, 4) is 0 Å². The number of hydrogen-bond acceptors (Lipinski definition) is 7. The van der Waals surface area contributed by atoms with Crippen molar-refractivity contribution in [1.29, 1.82) is 0 Å². The summed E-state index contributed by atoms with van der Waals surface area (Å²) in [4.78, 5) is 0. The van der Waals surface area contributed by atoms with E-state index in [1.54, 1.807) is 42.7 Å². The first-order valence-corrected chi connectivity index (χ1v) is 18.3. The highest BCUT2D eigenvalue weighted by molar-refractivity contribution is 6.93. The summed E-state index contributed by atoms with van der Waals surface area (Å²) in [6, 6.07) is 1.65. The predicted octanol–water partition coefficient (Wildman–Crippen LogP) is 3.10. The van der Waals surface area contributed by atoms with Crippen LogP contribution in [0.4, 0.5) is 0 Å². The molecule has 0 fully saturated rings. The second kappa shape index (κ2) is 10.2. The van der Waals surface area contributed by atoms with Gasteiger partial charge in [0.2, 0.25) is 0 Å². The van der Waals surface area contributed by atoms with Crippen LogP contribution < -0.4 is 0 Å². The molecule has 0 rings (SSSR count). The van der Waals surface area contributed by atoms with Gasteiger partial charge in [0.15, 0.2) is 16.6 Å². The first kappa shape index (κ1) is 25.6. The van der Waals surface area contributed by atoms with Gasteiger partial charge in [-0.2, -0.15) is 0 Å². The van der Waals surface area contributed by atoms with Gasteiger partial charge < -0.3 is 30.7 Å². The number of rotatable bonds is 13. The fourth-order valence-electron chi connectivity index (χ4n) is 3.07. The maximum absolute atomic E-state index is 6.76. The van der Waals surface area contributed by atoms with Gasteiger partial charge in [0.25, 0.3) is 0 Å². The Morgan fingerprint density at radius 1 is 0.640 bits per heavy atom. The highest BCUT2D eigenvalue weighted by Gasteiger charge is 2.55. The van der Waals surface area contributed by atoms with Gasteiger partial charge in [-0.05, 0) is 32.2 Å². The van der Waals surface area contributed by atoms with Crippen LogP contribution in [0.2, 0.25) is 43.4 Å². The fraction of sp³-hybridized carbons (Fsp3) is 1.00. The Morgan fingerprint density at radius 2 is 1.04 bits per heavy atom. The molecule has 0 bridgehead atoms. The van der Waals surface area contributed by atoms with E-state index in [-0.39, 0.29) is 5.16 Å². The Balaban J connectivity index is 5.18. The molecule has 1 atom stereocenters. The second-order valence-corrected chi connectivity index (χ2v) is 23.1. The monoisotopic (exact) mass is 430 g/mol. The van der Waals surface area contributed by atoms with Gasteiger partial charge in [0.1, 0.15) is 0 Å². The van der Waals surface area contributed by atoms with E-state index >= 15 is 0 Å². The average Bonchev–Trinajstić information content (AvgIpc) is 2.57. The third-order valence-corrected chi connectivity index (χ3v) is 21.9. The van der Waals surface area contributed by atoms with E-state index in [1.165, 1.54) is 0 Å². The van der Waals surface area contributed by atoms with Gasteiger partial charge in [0.05, 0.1) is 0 Å². The van der Waals surface area contributed by atoms with Crippen LogP contribution in [0.15, 0.2) is 0 Å². The minimum atomic E-state index is -2.74. The first-order chi connectivity index (χ1) is 11.4. The maximum atomic E-state index is 6.76. The highest BCUT2D eigenvalue weighted by atomic mass is 28.5. The smallest absolute Gasteiger partial charge is 0.455 e. The normalized spacial score (nSPS) is 15.5. The molecule has 152 valence electrons. The molecule has 0 amide bonds. The van der Waals surface area contributed by atoms with Crippen molar-refractivity contribution >= 4 is 34.2 Å². The zero-order chi connectivity index (χ0) is 19.9. The van der Waals surface area contributed by atoms with Crippen LogP contribution in [0.5, 0.6) is 0 Å². The largest absolute Gasteiger partial charge is 0.502 e. The third kappa shape index (κ3) is 6.60. The van der Waals surface area contributed by atoms with E-state index in [2.05, 4.69) is 33.1 Å². The standard InChI is InChI=1S/C14H38O7Si4/c1-14(25(18-5,19-6)20-7)23(10,11)21-22(8,9)12-13-24(15-2,16-3)17-4/h14H,12-13H2,1-11H3. The van der Waals surface area contributed by atoms with Crippen molar-refractivity contribution in [2.24, 2.45) is 0 Å². The van der Waals surface area contributed by atoms with Crippen LogP contribution in [0.1, 0.15) is 6.92 Å². The van der Waals surface area contributed by atoms with Crippen molar-refractivity contribution in [3.63, 3.8) is 0 Å². The lowest BCUT2D eigenvalue weighted by atomic mass is 10.9. The molecule has 0 aliphatic heterocycles. The highest BCUT2D eigenvalue weighted by Crippen LogP contribution is 2.37. The van der Waals surface area contributed by atoms with Crippen molar-refractivity contribution in [3.05, 3.63) is 0 Å². The van der Waals surface area contributed by atoms with Gasteiger partial charge in [-0.1, -0.05) is 6.92 Å². The van der Waals surface area contributed by atoms with Crippen LogP contribution in [0, 0.1) is 0 Å². The molecule has 0 saturated heterocycles. The summed E-state index contributed by atoms with van der Waals surface area (Å²) in [6.07, 6.45) is 0. The predicted molar refractivity (Wildman–Crippen MR) is 109 cm³/mol. The van der Waals surface area contributed by atoms with Crippen LogP contribution >= 0.6 is 0 Å². The summed E-state index contributed by atoms with van der Waals surface area (Å²) in [5.41, 5.74) is 0. The molecule has 0 N–H and O–H groups in total. The average molecular weight is 431 g/mol. The van der Waals surface area contributed by atoms with E-state index in [9.17, 15) is 0 Å². The molecule has 25 heavy (non-hydrogen) atoms. The van der Waals surface area contributed by atoms with Gasteiger partial charge in [-0.3, -0.25) is 0 Å². The van der Waals surface area contributed by atoms with E-state index < -0.39 is 34.2 Å². The Kier molecular flexibility index (Phi) is 10.5. The lowest BCUT2D eigenvalue weighted by Gasteiger charge is -2.42. The Labute approximate surface area is 158 Å². The van der Waals surface area contributed by atoms with Crippen molar-refractivity contribution in [1.82, 2.24) is 0 Å². The van der Waals surface area contributed by atoms with E-state index in [0.717, 1.165) is 12.1 Å². The third-order valence-electron chi connectivity index (χ3n) is 4.93. The molecule has 0 radical (unpaired) electrons. The summed E-state index contributed by atoms with van der Waals surface area (Å²) in [5.74, 6) is 0. The summed E-state index contributed by atoms with van der Waals surface area (Å²) < 4.78 is 40.4. The summed E-state index contributed by atoms with van der Waals surface area (Å²) >= 11 is 0. The van der Waals surface area contributed by atoms with Gasteiger partial charge >= 0.3 is 17.6 Å². The SMILES string of the molecule is CO[Si](CC[Si](C)(C)O[Si](C)(C)C(C)[Si](OC)(OC)OC)(OC)OC. The van der Waals surface area contributed by atoms with Crippen LogP contribution in [0.3, 0.4) is 0 Å². The van der Waals surface area contributed by atoms with Crippen LogP contribution in [-0.4, -0.2) is 76.9 Å². The molecular weight excluding hydrogens is 392 g/mol. The maximum Gasteiger partial charge on any atom is 0.502 e. The molecule has 0 aromatic heterocycles. The van der Waals surface area contributed by atoms with E-state index in [0.29, 0.717) is 0 Å². The molecule has 11 heteroatoms. The molecule has 0 aromatic carbocycles. The zero-order valence-electron chi connectivity index (χ0n) is 17.8. The first-order valence-electron chi connectivity index (χ1n) is 8.44.